The highest BCUT2D eigenvalue weighted by Gasteiger charge is 2.38. The van der Waals surface area contributed by atoms with E-state index in [4.69, 9.17) is 16.7 Å². The van der Waals surface area contributed by atoms with Crippen molar-refractivity contribution in [3.05, 3.63) is 124 Å². The van der Waals surface area contributed by atoms with E-state index in [1.807, 2.05) is 77.6 Å². The van der Waals surface area contributed by atoms with Crippen molar-refractivity contribution < 1.29 is 19.8 Å². The van der Waals surface area contributed by atoms with Gasteiger partial charge in [0.25, 0.3) is 0 Å². The summed E-state index contributed by atoms with van der Waals surface area (Å²) in [6.45, 7) is 2.85. The van der Waals surface area contributed by atoms with Crippen LogP contribution in [0.2, 0.25) is 5.02 Å². The number of hydrogen-bond donors (Lipinski definition) is 3. The smallest absolute Gasteiger partial charge is 0.303 e. The first-order chi connectivity index (χ1) is 22.8. The molecule has 2 aliphatic rings. The van der Waals surface area contributed by atoms with Crippen LogP contribution in [0.5, 0.6) is 0 Å². The predicted octanol–water partition coefficient (Wildman–Crippen LogP) is 7.12. The molecule has 0 aliphatic carbocycles. The number of halogens is 1. The van der Waals surface area contributed by atoms with Crippen molar-refractivity contribution in [2.75, 3.05) is 5.32 Å². The molecular formula is C37H32ClN5O4. The van der Waals surface area contributed by atoms with Crippen molar-refractivity contribution in [2.45, 2.75) is 45.0 Å². The molecule has 4 aromatic carbocycles. The number of carbonyl (C=O) groups is 2. The summed E-state index contributed by atoms with van der Waals surface area (Å²) >= 11 is 6.45. The molecule has 236 valence electrons. The molecule has 0 spiro atoms. The van der Waals surface area contributed by atoms with Crippen LogP contribution in [-0.4, -0.2) is 48.8 Å². The van der Waals surface area contributed by atoms with Crippen molar-refractivity contribution in [1.29, 1.82) is 0 Å². The maximum atomic E-state index is 13.5. The van der Waals surface area contributed by atoms with Crippen LogP contribution >= 0.6 is 11.6 Å². The summed E-state index contributed by atoms with van der Waals surface area (Å²) in [5.41, 5.74) is 8.23. The maximum Gasteiger partial charge on any atom is 0.303 e. The van der Waals surface area contributed by atoms with E-state index in [0.29, 0.717) is 22.7 Å². The van der Waals surface area contributed by atoms with Crippen LogP contribution in [0.4, 0.5) is 5.69 Å². The highest BCUT2D eigenvalue weighted by Crippen LogP contribution is 2.43. The van der Waals surface area contributed by atoms with Crippen molar-refractivity contribution in [2.24, 2.45) is 5.10 Å². The van der Waals surface area contributed by atoms with E-state index in [0.717, 1.165) is 56.5 Å². The molecule has 2 aliphatic heterocycles. The number of aliphatic hydroxyl groups excluding tert-OH is 1. The van der Waals surface area contributed by atoms with E-state index in [1.54, 1.807) is 6.07 Å². The zero-order valence-electron chi connectivity index (χ0n) is 25.6. The highest BCUT2D eigenvalue weighted by atomic mass is 35.5. The SMILES string of the molecule is CCn1ncc2cc(-c3ccc(C4CC(C5=C(c6ccccc6)c6cc(Cl)ccc6NC5O)=NN4C(=O)CCC(=O)O)cc3)ccc21. The number of aliphatic hydroxyl groups is 1. The van der Waals surface area contributed by atoms with Crippen molar-refractivity contribution in [3.63, 3.8) is 0 Å². The van der Waals surface area contributed by atoms with Crippen LogP contribution in [0.15, 0.2) is 108 Å². The van der Waals surface area contributed by atoms with E-state index >= 15 is 0 Å². The molecule has 1 amide bonds. The zero-order valence-corrected chi connectivity index (χ0v) is 26.4. The molecule has 3 heterocycles. The van der Waals surface area contributed by atoms with Crippen LogP contribution in [0.1, 0.15) is 48.9 Å². The summed E-state index contributed by atoms with van der Waals surface area (Å²) in [5, 5.41) is 36.2. The summed E-state index contributed by atoms with van der Waals surface area (Å²) in [5.74, 6) is -1.46. The molecule has 0 radical (unpaired) electrons. The Labute approximate surface area is 276 Å². The van der Waals surface area contributed by atoms with Crippen LogP contribution < -0.4 is 5.32 Å². The molecule has 10 heteroatoms. The van der Waals surface area contributed by atoms with Crippen LogP contribution in [-0.2, 0) is 16.1 Å². The number of carboxylic acids is 1. The number of benzene rings is 4. The molecule has 47 heavy (non-hydrogen) atoms. The number of fused-ring (bicyclic) bond motifs is 2. The third kappa shape index (κ3) is 5.80. The van der Waals surface area contributed by atoms with Gasteiger partial charge in [-0.15, -0.1) is 0 Å². The zero-order chi connectivity index (χ0) is 32.7. The lowest BCUT2D eigenvalue weighted by Gasteiger charge is -2.29. The molecule has 9 nitrogen and oxygen atoms in total. The minimum atomic E-state index is -1.11. The molecule has 5 aromatic rings. The second-order valence-electron chi connectivity index (χ2n) is 11.6. The van der Waals surface area contributed by atoms with E-state index < -0.39 is 24.1 Å². The minimum absolute atomic E-state index is 0.198. The van der Waals surface area contributed by atoms with Gasteiger partial charge in [0, 0.05) is 52.2 Å². The highest BCUT2D eigenvalue weighted by molar-refractivity contribution is 6.31. The number of amides is 1. The minimum Gasteiger partial charge on any atom is -0.481 e. The van der Waals surface area contributed by atoms with E-state index in [9.17, 15) is 19.8 Å². The lowest BCUT2D eigenvalue weighted by atomic mass is 9.84. The monoisotopic (exact) mass is 645 g/mol. The number of nitrogens with zero attached hydrogens (tertiary/aromatic N) is 4. The van der Waals surface area contributed by atoms with Gasteiger partial charge in [0.2, 0.25) is 5.91 Å². The first-order valence-electron chi connectivity index (χ1n) is 15.5. The molecule has 3 N–H and O–H groups in total. The number of hydrazone groups is 1. The molecule has 2 atom stereocenters. The molecular weight excluding hydrogens is 614 g/mol. The van der Waals surface area contributed by atoms with Crippen LogP contribution in [0.25, 0.3) is 27.6 Å². The Morgan fingerprint density at radius 3 is 2.45 bits per heavy atom. The van der Waals surface area contributed by atoms with Gasteiger partial charge in [-0.05, 0) is 59.5 Å². The average Bonchev–Trinajstić information content (AvgIpc) is 3.71. The number of aliphatic carboxylic acids is 1. The third-order valence-electron chi connectivity index (χ3n) is 8.75. The number of rotatable bonds is 8. The molecule has 7 rings (SSSR count). The molecule has 0 saturated heterocycles. The van der Waals surface area contributed by atoms with E-state index in [2.05, 4.69) is 35.5 Å². The summed E-state index contributed by atoms with van der Waals surface area (Å²) in [6, 6.07) is 28.9. The van der Waals surface area contributed by atoms with Crippen molar-refractivity contribution >= 4 is 51.4 Å². The fourth-order valence-electron chi connectivity index (χ4n) is 6.48. The molecule has 1 aromatic heterocycles. The van der Waals surface area contributed by atoms with Gasteiger partial charge < -0.3 is 15.5 Å². The topological polar surface area (TPSA) is 120 Å². The fourth-order valence-corrected chi connectivity index (χ4v) is 6.65. The molecule has 2 unspecified atom stereocenters. The Bertz CT molecular complexity index is 2070. The Kier molecular flexibility index (Phi) is 8.09. The largest absolute Gasteiger partial charge is 0.481 e. The van der Waals surface area contributed by atoms with Gasteiger partial charge in [-0.2, -0.15) is 10.2 Å². The van der Waals surface area contributed by atoms with Crippen LogP contribution in [0, 0.1) is 0 Å². The number of carbonyl (C=O) groups excluding carboxylic acids is 1. The van der Waals surface area contributed by atoms with Crippen LogP contribution in [0.3, 0.4) is 0 Å². The number of aryl methyl sites for hydroxylation is 1. The fraction of sp³-hybridized carbons (Fsp3) is 0.189. The normalized spacial score (nSPS) is 17.4. The Hall–Kier alpha value is -5.25. The van der Waals surface area contributed by atoms with Gasteiger partial charge in [0.05, 0.1) is 29.9 Å². The quantitative estimate of drug-likeness (QED) is 0.165. The van der Waals surface area contributed by atoms with Gasteiger partial charge >= 0.3 is 5.97 Å². The standard InChI is InChI=1S/C37H32ClN5O4/c1-2-42-31-15-12-25(18-26(31)21-39-42)22-8-10-23(11-9-22)32-20-30(41-43(32)33(44)16-17-34(45)46)36-35(24-6-4-3-5-7-24)28-19-27(38)13-14-29(28)40-37(36)47/h3-15,18-19,21,32,37,40,47H,2,16-17,20H2,1H3,(H,45,46). The van der Waals surface area contributed by atoms with Crippen molar-refractivity contribution in [1.82, 2.24) is 14.8 Å². The number of hydrogen-bond acceptors (Lipinski definition) is 6. The van der Waals surface area contributed by atoms with E-state index in [-0.39, 0.29) is 12.8 Å². The number of aromatic nitrogens is 2. The first-order valence-corrected chi connectivity index (χ1v) is 15.9. The molecule has 0 saturated carbocycles. The third-order valence-corrected chi connectivity index (χ3v) is 8.98. The Morgan fingerprint density at radius 2 is 1.70 bits per heavy atom. The van der Waals surface area contributed by atoms with Gasteiger partial charge in [0.15, 0.2) is 6.23 Å². The summed E-state index contributed by atoms with van der Waals surface area (Å²) in [4.78, 5) is 24.9. The van der Waals surface area contributed by atoms with Crippen molar-refractivity contribution in [3.8, 4) is 11.1 Å². The second kappa shape index (κ2) is 12.5. The predicted molar refractivity (Wildman–Crippen MR) is 183 cm³/mol. The van der Waals surface area contributed by atoms with Gasteiger partial charge in [-0.3, -0.25) is 14.3 Å². The first kappa shape index (κ1) is 30.4. The Morgan fingerprint density at radius 1 is 0.936 bits per heavy atom. The summed E-state index contributed by atoms with van der Waals surface area (Å²) in [6.07, 6.45) is 0.573. The second-order valence-corrected chi connectivity index (χ2v) is 12.1. The van der Waals surface area contributed by atoms with E-state index in [1.165, 1.54) is 5.01 Å². The number of nitrogens with one attached hydrogen (secondary N) is 1. The average molecular weight is 646 g/mol. The molecule has 0 bridgehead atoms. The van der Waals surface area contributed by atoms with Gasteiger partial charge in [0.1, 0.15) is 0 Å². The lowest BCUT2D eigenvalue weighted by Crippen LogP contribution is -2.31. The lowest BCUT2D eigenvalue weighted by molar-refractivity contribution is -0.141. The summed E-state index contributed by atoms with van der Waals surface area (Å²) in [7, 11) is 0. The summed E-state index contributed by atoms with van der Waals surface area (Å²) < 4.78 is 1.96. The maximum absolute atomic E-state index is 13.5. The number of carboxylic acid groups (broad SMARTS) is 1. The van der Waals surface area contributed by atoms with Gasteiger partial charge in [-0.1, -0.05) is 72.3 Å². The number of anilines is 1. The molecule has 0 fully saturated rings. The van der Waals surface area contributed by atoms with Gasteiger partial charge in [-0.25, -0.2) is 5.01 Å². The Balaban J connectivity index is 1.28.